The quantitative estimate of drug-likeness (QED) is 0.548. The minimum atomic E-state index is -0.204. The molecule has 2 unspecified atom stereocenters. The largest absolute Gasteiger partial charge is 0.339 e. The molecular formula is C25H29BrFNO. The molecule has 1 heterocycles. The van der Waals surface area contributed by atoms with Crippen molar-refractivity contribution in [2.75, 3.05) is 6.54 Å². The van der Waals surface area contributed by atoms with Crippen molar-refractivity contribution in [2.45, 2.75) is 64.3 Å². The summed E-state index contributed by atoms with van der Waals surface area (Å²) < 4.78 is 14.6. The first-order chi connectivity index (χ1) is 13.7. The second-order valence-electron chi connectivity index (χ2n) is 9.89. The molecular weight excluding hydrogens is 429 g/mol. The molecule has 2 atom stereocenters. The van der Waals surface area contributed by atoms with E-state index in [0.29, 0.717) is 6.42 Å². The average molecular weight is 458 g/mol. The highest BCUT2D eigenvalue weighted by Gasteiger charge is 2.52. The Balaban J connectivity index is 1.74. The van der Waals surface area contributed by atoms with Crippen LogP contribution < -0.4 is 0 Å². The van der Waals surface area contributed by atoms with Crippen LogP contribution in [0.1, 0.15) is 56.7 Å². The van der Waals surface area contributed by atoms with Crippen molar-refractivity contribution in [1.82, 2.24) is 4.90 Å². The summed E-state index contributed by atoms with van der Waals surface area (Å²) in [5.74, 6) is 0.0632. The van der Waals surface area contributed by atoms with Gasteiger partial charge < -0.3 is 4.90 Å². The molecule has 1 saturated heterocycles. The van der Waals surface area contributed by atoms with Gasteiger partial charge in [0.1, 0.15) is 5.82 Å². The SMILES string of the molecule is CC(C)(C)CC(=O)N1CCC2(Cc3ccc(F)cc3)c3ccc(Br)cc3CCC12. The number of aryl methyl sites for hydroxylation is 1. The van der Waals surface area contributed by atoms with E-state index in [1.54, 1.807) is 12.1 Å². The maximum Gasteiger partial charge on any atom is 0.223 e. The fraction of sp³-hybridized carbons (Fsp3) is 0.480. The van der Waals surface area contributed by atoms with Crippen LogP contribution in [0.15, 0.2) is 46.9 Å². The number of hydrogen-bond acceptors (Lipinski definition) is 1. The fourth-order valence-electron chi connectivity index (χ4n) is 5.36. The van der Waals surface area contributed by atoms with E-state index in [0.717, 1.165) is 42.3 Å². The van der Waals surface area contributed by atoms with E-state index in [2.05, 4.69) is 59.8 Å². The summed E-state index contributed by atoms with van der Waals surface area (Å²) in [7, 11) is 0. The number of fused-ring (bicyclic) bond motifs is 3. The molecule has 0 saturated carbocycles. The van der Waals surface area contributed by atoms with Crippen LogP contribution in [-0.4, -0.2) is 23.4 Å². The van der Waals surface area contributed by atoms with Gasteiger partial charge in [0.25, 0.3) is 0 Å². The molecule has 1 aliphatic carbocycles. The normalized spacial score (nSPS) is 23.6. The Morgan fingerprint density at radius 3 is 2.62 bits per heavy atom. The van der Waals surface area contributed by atoms with Gasteiger partial charge >= 0.3 is 0 Å². The van der Waals surface area contributed by atoms with Crippen molar-refractivity contribution in [3.63, 3.8) is 0 Å². The van der Waals surface area contributed by atoms with Gasteiger partial charge in [-0.2, -0.15) is 0 Å². The average Bonchev–Trinajstić information content (AvgIpc) is 3.01. The number of benzene rings is 2. The van der Waals surface area contributed by atoms with Crippen molar-refractivity contribution in [3.05, 3.63) is 69.4 Å². The lowest BCUT2D eigenvalue weighted by Gasteiger charge is -2.44. The number of carbonyl (C=O) groups excluding carboxylic acids is 1. The lowest BCUT2D eigenvalue weighted by molar-refractivity contribution is -0.134. The number of likely N-dealkylation sites (tertiary alicyclic amines) is 1. The first-order valence-corrected chi connectivity index (χ1v) is 11.3. The van der Waals surface area contributed by atoms with Crippen molar-refractivity contribution < 1.29 is 9.18 Å². The third kappa shape index (κ3) is 4.01. The van der Waals surface area contributed by atoms with Crippen molar-refractivity contribution in [2.24, 2.45) is 5.41 Å². The Bertz CT molecular complexity index is 917. The maximum absolute atomic E-state index is 13.5. The molecule has 0 bridgehead atoms. The van der Waals surface area contributed by atoms with Crippen LogP contribution >= 0.6 is 15.9 Å². The molecule has 0 radical (unpaired) electrons. The van der Waals surface area contributed by atoms with Gasteiger partial charge in [0.15, 0.2) is 0 Å². The highest BCUT2D eigenvalue weighted by Crippen LogP contribution is 2.49. The summed E-state index contributed by atoms with van der Waals surface area (Å²) in [5.41, 5.74) is 3.77. The number of halogens is 2. The highest BCUT2D eigenvalue weighted by atomic mass is 79.9. The van der Waals surface area contributed by atoms with Crippen LogP contribution in [0.3, 0.4) is 0 Å². The summed E-state index contributed by atoms with van der Waals surface area (Å²) in [4.78, 5) is 15.3. The number of carbonyl (C=O) groups is 1. The molecule has 2 aliphatic rings. The second kappa shape index (κ2) is 7.54. The number of nitrogens with zero attached hydrogens (tertiary/aromatic N) is 1. The Labute approximate surface area is 181 Å². The molecule has 0 N–H and O–H groups in total. The van der Waals surface area contributed by atoms with Crippen LogP contribution in [0.2, 0.25) is 0 Å². The number of amides is 1. The zero-order valence-electron chi connectivity index (χ0n) is 17.5. The smallest absolute Gasteiger partial charge is 0.223 e. The Morgan fingerprint density at radius 2 is 1.93 bits per heavy atom. The van der Waals surface area contributed by atoms with Gasteiger partial charge in [-0.15, -0.1) is 0 Å². The molecule has 1 fully saturated rings. The molecule has 2 nitrogen and oxygen atoms in total. The molecule has 0 aromatic heterocycles. The predicted molar refractivity (Wildman–Crippen MR) is 118 cm³/mol. The van der Waals surface area contributed by atoms with Crippen LogP contribution in [0.25, 0.3) is 0 Å². The van der Waals surface area contributed by atoms with Crippen LogP contribution in [0, 0.1) is 11.2 Å². The van der Waals surface area contributed by atoms with Gasteiger partial charge in [-0.25, -0.2) is 4.39 Å². The monoisotopic (exact) mass is 457 g/mol. The van der Waals surface area contributed by atoms with E-state index in [1.165, 1.54) is 11.1 Å². The Kier molecular flexibility index (Phi) is 5.35. The van der Waals surface area contributed by atoms with Gasteiger partial charge in [0.05, 0.1) is 0 Å². The van der Waals surface area contributed by atoms with E-state index in [4.69, 9.17) is 0 Å². The van der Waals surface area contributed by atoms with Crippen molar-refractivity contribution >= 4 is 21.8 Å². The number of hydrogen-bond donors (Lipinski definition) is 0. The third-order valence-corrected chi connectivity index (χ3v) is 7.03. The summed E-state index contributed by atoms with van der Waals surface area (Å²) in [6.07, 6.45) is 4.35. The Hall–Kier alpha value is -1.68. The van der Waals surface area contributed by atoms with E-state index in [9.17, 15) is 9.18 Å². The highest BCUT2D eigenvalue weighted by molar-refractivity contribution is 9.10. The molecule has 4 heteroatoms. The lowest BCUT2D eigenvalue weighted by Crippen LogP contribution is -2.49. The van der Waals surface area contributed by atoms with Crippen LogP contribution in [-0.2, 0) is 23.1 Å². The minimum Gasteiger partial charge on any atom is -0.339 e. The van der Waals surface area contributed by atoms with Crippen molar-refractivity contribution in [3.8, 4) is 0 Å². The second-order valence-corrected chi connectivity index (χ2v) is 10.8. The lowest BCUT2D eigenvalue weighted by atomic mass is 9.64. The van der Waals surface area contributed by atoms with Gasteiger partial charge in [-0.1, -0.05) is 54.9 Å². The van der Waals surface area contributed by atoms with Gasteiger partial charge in [-0.05, 0) is 72.1 Å². The summed E-state index contributed by atoms with van der Waals surface area (Å²) >= 11 is 3.62. The van der Waals surface area contributed by atoms with Crippen molar-refractivity contribution in [1.29, 1.82) is 0 Å². The standard InChI is InChI=1S/C25H29BrFNO/c1-24(2,3)16-23(29)28-13-12-25(15-17-4-8-20(27)9-5-17)21-10-7-19(26)14-18(21)6-11-22(25)28/h4-5,7-10,14,22H,6,11-13,15-16H2,1-3H3. The van der Waals surface area contributed by atoms with Gasteiger partial charge in [0.2, 0.25) is 5.91 Å². The molecule has 1 amide bonds. The molecule has 4 rings (SSSR count). The molecule has 1 aliphatic heterocycles. The van der Waals surface area contributed by atoms with E-state index < -0.39 is 0 Å². The van der Waals surface area contributed by atoms with E-state index in [1.807, 2.05) is 12.1 Å². The zero-order valence-corrected chi connectivity index (χ0v) is 19.1. The fourth-order valence-corrected chi connectivity index (χ4v) is 5.76. The van der Waals surface area contributed by atoms with Gasteiger partial charge in [-0.3, -0.25) is 4.79 Å². The van der Waals surface area contributed by atoms with E-state index in [-0.39, 0.29) is 28.6 Å². The topological polar surface area (TPSA) is 20.3 Å². The molecule has 2 aromatic rings. The molecule has 154 valence electrons. The first-order valence-electron chi connectivity index (χ1n) is 10.5. The first kappa shape index (κ1) is 20.6. The maximum atomic E-state index is 13.5. The number of rotatable bonds is 3. The molecule has 29 heavy (non-hydrogen) atoms. The zero-order chi connectivity index (χ0) is 20.8. The summed E-state index contributed by atoms with van der Waals surface area (Å²) in [5, 5.41) is 0. The minimum absolute atomic E-state index is 0.0171. The third-order valence-electron chi connectivity index (χ3n) is 6.54. The molecule has 2 aromatic carbocycles. The molecule has 0 spiro atoms. The summed E-state index contributed by atoms with van der Waals surface area (Å²) in [6, 6.07) is 13.7. The van der Waals surface area contributed by atoms with Crippen LogP contribution in [0.4, 0.5) is 4.39 Å². The van der Waals surface area contributed by atoms with E-state index >= 15 is 0 Å². The Morgan fingerprint density at radius 1 is 1.21 bits per heavy atom. The van der Waals surface area contributed by atoms with Gasteiger partial charge in [0, 0.05) is 28.9 Å². The summed E-state index contributed by atoms with van der Waals surface area (Å²) in [6.45, 7) is 7.18. The van der Waals surface area contributed by atoms with Crippen LogP contribution in [0.5, 0.6) is 0 Å². The predicted octanol–water partition coefficient (Wildman–Crippen LogP) is 6.05.